The molecular weight excluding hydrogens is 348 g/mol. The van der Waals surface area contributed by atoms with Crippen LogP contribution in [0.1, 0.15) is 60.1 Å². The number of nitrogens with zero attached hydrogens (tertiary/aromatic N) is 4. The summed E-state index contributed by atoms with van der Waals surface area (Å²) < 4.78 is 1.74. The van der Waals surface area contributed by atoms with Crippen molar-refractivity contribution in [2.45, 2.75) is 53.0 Å². The van der Waals surface area contributed by atoms with Crippen LogP contribution in [-0.4, -0.2) is 51.7 Å². The third kappa shape index (κ3) is 4.64. The molecule has 152 valence electrons. The van der Waals surface area contributed by atoms with Crippen LogP contribution in [0.5, 0.6) is 0 Å². The molecule has 1 aliphatic heterocycles. The Morgan fingerprint density at radius 3 is 2.43 bits per heavy atom. The first-order chi connectivity index (χ1) is 13.1. The second-order valence-electron chi connectivity index (χ2n) is 9.13. The van der Waals surface area contributed by atoms with E-state index in [1.165, 1.54) is 16.7 Å². The average molecular weight is 383 g/mol. The summed E-state index contributed by atoms with van der Waals surface area (Å²) in [7, 11) is 1.87. The van der Waals surface area contributed by atoms with Crippen LogP contribution in [-0.2, 0) is 19.0 Å². The first-order valence-corrected chi connectivity index (χ1v) is 10.3. The van der Waals surface area contributed by atoms with Gasteiger partial charge in [0.2, 0.25) is 0 Å². The van der Waals surface area contributed by atoms with E-state index >= 15 is 0 Å². The maximum absolute atomic E-state index is 13.1. The van der Waals surface area contributed by atoms with Gasteiger partial charge in [0.15, 0.2) is 0 Å². The van der Waals surface area contributed by atoms with E-state index < -0.39 is 0 Å². The Balaban J connectivity index is 1.65. The highest BCUT2D eigenvalue weighted by Crippen LogP contribution is 2.22. The number of carbonyl (C=O) groups excluding carboxylic acids is 1. The summed E-state index contributed by atoms with van der Waals surface area (Å²) in [5.41, 5.74) is 5.62. The third-order valence-electron chi connectivity index (χ3n) is 5.72. The number of hydrogen-bond acceptors (Lipinski definition) is 3. The topological polar surface area (TPSA) is 41.4 Å². The fraction of sp³-hybridized carbons (Fsp3) is 0.565. The zero-order valence-corrected chi connectivity index (χ0v) is 18.2. The Labute approximate surface area is 169 Å². The van der Waals surface area contributed by atoms with Crippen LogP contribution in [0.3, 0.4) is 0 Å². The molecule has 1 aromatic carbocycles. The smallest absolute Gasteiger partial charge is 0.272 e. The van der Waals surface area contributed by atoms with Gasteiger partial charge in [-0.15, -0.1) is 0 Å². The molecule has 0 saturated carbocycles. The number of hydrogen-bond donors (Lipinski definition) is 0. The number of rotatable bonds is 3. The summed E-state index contributed by atoms with van der Waals surface area (Å²) in [6.45, 7) is 15.1. The van der Waals surface area contributed by atoms with E-state index in [-0.39, 0.29) is 11.3 Å². The molecule has 2 heterocycles. The highest BCUT2D eigenvalue weighted by molar-refractivity contribution is 5.92. The van der Waals surface area contributed by atoms with E-state index in [1.807, 2.05) is 18.0 Å². The molecule has 0 atom stereocenters. The lowest BCUT2D eigenvalue weighted by molar-refractivity contribution is 0.0750. The Bertz CT molecular complexity index is 847. The first-order valence-electron chi connectivity index (χ1n) is 10.3. The van der Waals surface area contributed by atoms with Gasteiger partial charge in [-0.25, -0.2) is 0 Å². The fourth-order valence-corrected chi connectivity index (χ4v) is 3.69. The molecule has 0 spiro atoms. The second kappa shape index (κ2) is 8.08. The van der Waals surface area contributed by atoms with E-state index in [2.05, 4.69) is 62.8 Å². The number of aromatic nitrogens is 2. The largest absolute Gasteiger partial charge is 0.336 e. The summed E-state index contributed by atoms with van der Waals surface area (Å²) in [5, 5.41) is 4.57. The Hall–Kier alpha value is -2.14. The lowest BCUT2D eigenvalue weighted by atomic mass is 9.92. The summed E-state index contributed by atoms with van der Waals surface area (Å²) in [4.78, 5) is 17.6. The fourth-order valence-electron chi connectivity index (χ4n) is 3.69. The van der Waals surface area contributed by atoms with Crippen molar-refractivity contribution in [3.05, 3.63) is 52.3 Å². The number of amides is 1. The van der Waals surface area contributed by atoms with E-state index in [0.29, 0.717) is 5.69 Å². The van der Waals surface area contributed by atoms with Gasteiger partial charge in [0.25, 0.3) is 5.91 Å². The van der Waals surface area contributed by atoms with Crippen LogP contribution < -0.4 is 0 Å². The molecule has 5 nitrogen and oxygen atoms in total. The Kier molecular flexibility index (Phi) is 5.94. The summed E-state index contributed by atoms with van der Waals surface area (Å²) in [6.07, 6.45) is 1.00. The minimum absolute atomic E-state index is 0.0575. The molecule has 28 heavy (non-hydrogen) atoms. The molecule has 0 bridgehead atoms. The van der Waals surface area contributed by atoms with Crippen molar-refractivity contribution in [1.82, 2.24) is 19.6 Å². The predicted octanol–water partition coefficient (Wildman–Crippen LogP) is 3.68. The maximum Gasteiger partial charge on any atom is 0.272 e. The van der Waals surface area contributed by atoms with Gasteiger partial charge in [-0.3, -0.25) is 14.4 Å². The summed E-state index contributed by atoms with van der Waals surface area (Å²) in [5.74, 6) is 0.0959. The second-order valence-corrected chi connectivity index (χ2v) is 9.13. The Morgan fingerprint density at radius 1 is 1.04 bits per heavy atom. The van der Waals surface area contributed by atoms with Crippen molar-refractivity contribution in [3.8, 4) is 0 Å². The van der Waals surface area contributed by atoms with E-state index in [1.54, 1.807) is 4.68 Å². The van der Waals surface area contributed by atoms with Crippen LogP contribution >= 0.6 is 0 Å². The van der Waals surface area contributed by atoms with Crippen molar-refractivity contribution >= 4 is 5.91 Å². The SMILES string of the molecule is Cc1ccc(CN2CCCN(C(=O)c3cc(C(C)(C)C)nn3C)CC2)cc1C. The molecule has 1 aliphatic rings. The molecule has 1 amide bonds. The molecular formula is C23H34N4O. The summed E-state index contributed by atoms with van der Waals surface area (Å²) in [6, 6.07) is 8.67. The third-order valence-corrected chi connectivity index (χ3v) is 5.72. The maximum atomic E-state index is 13.1. The highest BCUT2D eigenvalue weighted by atomic mass is 16.2. The van der Waals surface area contributed by atoms with Gasteiger partial charge in [0, 0.05) is 45.2 Å². The van der Waals surface area contributed by atoms with Gasteiger partial charge in [-0.2, -0.15) is 5.10 Å². The molecule has 1 aromatic heterocycles. The van der Waals surface area contributed by atoms with Crippen LogP contribution in [0.2, 0.25) is 0 Å². The molecule has 2 aromatic rings. The average Bonchev–Trinajstić information content (AvgIpc) is 2.87. The van der Waals surface area contributed by atoms with Gasteiger partial charge in [-0.05, 0) is 43.0 Å². The number of benzene rings is 1. The number of carbonyl (C=O) groups is 1. The van der Waals surface area contributed by atoms with Gasteiger partial charge in [-0.1, -0.05) is 39.0 Å². The van der Waals surface area contributed by atoms with Crippen molar-refractivity contribution in [2.75, 3.05) is 26.2 Å². The van der Waals surface area contributed by atoms with Crippen molar-refractivity contribution in [3.63, 3.8) is 0 Å². The molecule has 3 rings (SSSR count). The molecule has 0 aliphatic carbocycles. The van der Waals surface area contributed by atoms with Gasteiger partial charge in [0.1, 0.15) is 5.69 Å². The minimum atomic E-state index is -0.0575. The standard InChI is InChI=1S/C23H34N4O/c1-17-8-9-19(14-18(17)2)16-26-10-7-11-27(13-12-26)22(28)20-15-21(23(3,4)5)24-25(20)6/h8-9,14-15H,7,10-13,16H2,1-6H3. The van der Waals surface area contributed by atoms with Gasteiger partial charge < -0.3 is 4.90 Å². The lowest BCUT2D eigenvalue weighted by Crippen LogP contribution is -2.36. The van der Waals surface area contributed by atoms with Crippen molar-refractivity contribution in [2.24, 2.45) is 7.05 Å². The zero-order chi connectivity index (χ0) is 20.5. The minimum Gasteiger partial charge on any atom is -0.336 e. The highest BCUT2D eigenvalue weighted by Gasteiger charge is 2.26. The molecule has 5 heteroatoms. The Morgan fingerprint density at radius 2 is 1.79 bits per heavy atom. The predicted molar refractivity (Wildman–Crippen MR) is 114 cm³/mol. The van der Waals surface area contributed by atoms with Crippen molar-refractivity contribution < 1.29 is 4.79 Å². The first kappa shape index (κ1) is 20.6. The monoisotopic (exact) mass is 382 g/mol. The van der Waals surface area contributed by atoms with Crippen LogP contribution in [0.15, 0.2) is 24.3 Å². The van der Waals surface area contributed by atoms with E-state index in [9.17, 15) is 4.79 Å². The normalized spacial score (nSPS) is 16.3. The summed E-state index contributed by atoms with van der Waals surface area (Å²) >= 11 is 0. The molecule has 1 fully saturated rings. The van der Waals surface area contributed by atoms with Crippen LogP contribution in [0.25, 0.3) is 0 Å². The molecule has 0 N–H and O–H groups in total. The quantitative estimate of drug-likeness (QED) is 0.813. The lowest BCUT2D eigenvalue weighted by Gasteiger charge is -2.22. The van der Waals surface area contributed by atoms with Crippen LogP contribution in [0.4, 0.5) is 0 Å². The van der Waals surface area contributed by atoms with E-state index in [0.717, 1.165) is 44.8 Å². The van der Waals surface area contributed by atoms with E-state index in [4.69, 9.17) is 0 Å². The van der Waals surface area contributed by atoms with Gasteiger partial charge >= 0.3 is 0 Å². The molecule has 0 unspecified atom stereocenters. The molecule has 0 radical (unpaired) electrons. The zero-order valence-electron chi connectivity index (χ0n) is 18.2. The van der Waals surface area contributed by atoms with Gasteiger partial charge in [0.05, 0.1) is 5.69 Å². The van der Waals surface area contributed by atoms with Crippen molar-refractivity contribution in [1.29, 1.82) is 0 Å². The molecule has 1 saturated heterocycles. The van der Waals surface area contributed by atoms with Crippen LogP contribution in [0, 0.1) is 13.8 Å². The number of aryl methyl sites for hydroxylation is 3.